The smallest absolute Gasteiger partial charge is 0.0336 e. The average Bonchev–Trinajstić information content (AvgIpc) is 2.20. The molecule has 0 aliphatic rings. The molecule has 0 nitrogen and oxygen atoms in total. The molecule has 0 heterocycles. The molecule has 0 aromatic heterocycles. The number of halogens is 1. The van der Waals surface area contributed by atoms with Gasteiger partial charge in [0.1, 0.15) is 0 Å². The number of rotatable bonds is 6. The second kappa shape index (κ2) is 6.89. The zero-order valence-electron chi connectivity index (χ0n) is 8.88. The quantitative estimate of drug-likeness (QED) is 0.610. The zero-order chi connectivity index (χ0) is 10.2. The summed E-state index contributed by atoms with van der Waals surface area (Å²) < 4.78 is 0. The van der Waals surface area contributed by atoms with Crippen LogP contribution in [0.15, 0.2) is 30.3 Å². The van der Waals surface area contributed by atoms with Crippen LogP contribution in [0.1, 0.15) is 38.2 Å². The van der Waals surface area contributed by atoms with Crippen LogP contribution in [-0.2, 0) is 6.42 Å². The lowest BCUT2D eigenvalue weighted by molar-refractivity contribution is 0.640. The lowest BCUT2D eigenvalue weighted by Gasteiger charge is -2.07. The van der Waals surface area contributed by atoms with Gasteiger partial charge in [-0.05, 0) is 31.2 Å². The second-order valence-corrected chi connectivity index (χ2v) is 4.38. The molecule has 1 unspecified atom stereocenters. The SMILES string of the molecule is CCCC(Cl)CCCc1ccccc1. The van der Waals surface area contributed by atoms with Crippen LogP contribution in [0.5, 0.6) is 0 Å². The maximum absolute atomic E-state index is 6.15. The fourth-order valence-corrected chi connectivity index (χ4v) is 2.00. The summed E-state index contributed by atoms with van der Waals surface area (Å²) in [6.07, 6.45) is 5.85. The largest absolute Gasteiger partial charge is 0.123 e. The van der Waals surface area contributed by atoms with Gasteiger partial charge in [-0.2, -0.15) is 0 Å². The molecule has 1 aromatic rings. The minimum absolute atomic E-state index is 0.378. The molecule has 0 amide bonds. The van der Waals surface area contributed by atoms with Gasteiger partial charge in [0.25, 0.3) is 0 Å². The summed E-state index contributed by atoms with van der Waals surface area (Å²) >= 11 is 6.15. The number of alkyl halides is 1. The van der Waals surface area contributed by atoms with Crippen molar-refractivity contribution in [2.75, 3.05) is 0 Å². The van der Waals surface area contributed by atoms with Crippen molar-refractivity contribution in [2.24, 2.45) is 0 Å². The van der Waals surface area contributed by atoms with E-state index in [0.717, 1.165) is 19.3 Å². The molecule has 0 fully saturated rings. The van der Waals surface area contributed by atoms with Crippen molar-refractivity contribution in [2.45, 2.75) is 44.4 Å². The first-order chi connectivity index (χ1) is 6.83. The van der Waals surface area contributed by atoms with Gasteiger partial charge in [-0.1, -0.05) is 43.7 Å². The summed E-state index contributed by atoms with van der Waals surface area (Å²) in [6, 6.07) is 10.6. The van der Waals surface area contributed by atoms with E-state index >= 15 is 0 Å². The molecule has 0 radical (unpaired) electrons. The second-order valence-electron chi connectivity index (χ2n) is 3.76. The molecule has 1 heteroatoms. The van der Waals surface area contributed by atoms with E-state index < -0.39 is 0 Å². The van der Waals surface area contributed by atoms with E-state index in [4.69, 9.17) is 11.6 Å². The maximum Gasteiger partial charge on any atom is 0.0336 e. The molecule has 0 N–H and O–H groups in total. The number of hydrogen-bond donors (Lipinski definition) is 0. The van der Waals surface area contributed by atoms with Crippen LogP contribution in [-0.4, -0.2) is 5.38 Å². The molecule has 0 saturated carbocycles. The highest BCUT2D eigenvalue weighted by Gasteiger charge is 2.02. The summed E-state index contributed by atoms with van der Waals surface area (Å²) in [5.74, 6) is 0. The summed E-state index contributed by atoms with van der Waals surface area (Å²) in [4.78, 5) is 0. The van der Waals surface area contributed by atoms with Gasteiger partial charge < -0.3 is 0 Å². The molecule has 1 rings (SSSR count). The molecule has 0 aliphatic carbocycles. The van der Waals surface area contributed by atoms with Crippen molar-refractivity contribution in [3.05, 3.63) is 35.9 Å². The summed E-state index contributed by atoms with van der Waals surface area (Å²) in [6.45, 7) is 2.19. The van der Waals surface area contributed by atoms with E-state index in [2.05, 4.69) is 37.3 Å². The van der Waals surface area contributed by atoms with E-state index in [1.807, 2.05) is 0 Å². The molecule has 0 spiro atoms. The third-order valence-electron chi connectivity index (χ3n) is 2.43. The Morgan fingerprint density at radius 2 is 1.86 bits per heavy atom. The van der Waals surface area contributed by atoms with Gasteiger partial charge in [0.2, 0.25) is 0 Å². The average molecular weight is 211 g/mol. The lowest BCUT2D eigenvalue weighted by atomic mass is 10.1. The standard InChI is InChI=1S/C13H19Cl/c1-2-7-13(14)11-6-10-12-8-4-3-5-9-12/h3-5,8-9,13H,2,6-7,10-11H2,1H3. The minimum Gasteiger partial charge on any atom is -0.123 e. The first-order valence-corrected chi connectivity index (χ1v) is 5.94. The van der Waals surface area contributed by atoms with E-state index in [0.29, 0.717) is 5.38 Å². The third-order valence-corrected chi connectivity index (χ3v) is 2.86. The fourth-order valence-electron chi connectivity index (χ4n) is 1.63. The zero-order valence-corrected chi connectivity index (χ0v) is 9.63. The van der Waals surface area contributed by atoms with Gasteiger partial charge in [-0.15, -0.1) is 11.6 Å². The molecular formula is C13H19Cl. The maximum atomic E-state index is 6.15. The van der Waals surface area contributed by atoms with E-state index in [-0.39, 0.29) is 0 Å². The molecule has 0 saturated heterocycles. The highest BCUT2D eigenvalue weighted by Crippen LogP contribution is 2.14. The van der Waals surface area contributed by atoms with Gasteiger partial charge in [0, 0.05) is 5.38 Å². The Hall–Kier alpha value is -0.490. The van der Waals surface area contributed by atoms with Crippen LogP contribution in [0.2, 0.25) is 0 Å². The van der Waals surface area contributed by atoms with Crippen LogP contribution < -0.4 is 0 Å². The predicted molar refractivity (Wildman–Crippen MR) is 63.9 cm³/mol. The van der Waals surface area contributed by atoms with Gasteiger partial charge >= 0.3 is 0 Å². The predicted octanol–water partition coefficient (Wildman–Crippen LogP) is 4.42. The van der Waals surface area contributed by atoms with Crippen molar-refractivity contribution < 1.29 is 0 Å². The highest BCUT2D eigenvalue weighted by molar-refractivity contribution is 6.20. The van der Waals surface area contributed by atoms with E-state index in [1.165, 1.54) is 18.4 Å². The lowest BCUT2D eigenvalue weighted by Crippen LogP contribution is -1.98. The number of aryl methyl sites for hydroxylation is 1. The normalized spacial score (nSPS) is 12.7. The van der Waals surface area contributed by atoms with Crippen LogP contribution in [0, 0.1) is 0 Å². The number of hydrogen-bond acceptors (Lipinski definition) is 0. The van der Waals surface area contributed by atoms with Crippen LogP contribution in [0.4, 0.5) is 0 Å². The molecular weight excluding hydrogens is 192 g/mol. The Morgan fingerprint density at radius 3 is 2.50 bits per heavy atom. The number of benzene rings is 1. The Balaban J connectivity index is 2.16. The molecule has 1 aromatic carbocycles. The molecule has 14 heavy (non-hydrogen) atoms. The Morgan fingerprint density at radius 1 is 1.14 bits per heavy atom. The minimum atomic E-state index is 0.378. The van der Waals surface area contributed by atoms with Gasteiger partial charge in [0.15, 0.2) is 0 Å². The monoisotopic (exact) mass is 210 g/mol. The highest BCUT2D eigenvalue weighted by atomic mass is 35.5. The van der Waals surface area contributed by atoms with Gasteiger partial charge in [-0.25, -0.2) is 0 Å². The van der Waals surface area contributed by atoms with Crippen molar-refractivity contribution in [3.63, 3.8) is 0 Å². The van der Waals surface area contributed by atoms with Crippen molar-refractivity contribution in [1.29, 1.82) is 0 Å². The van der Waals surface area contributed by atoms with E-state index in [1.54, 1.807) is 0 Å². The molecule has 1 atom stereocenters. The third kappa shape index (κ3) is 4.66. The topological polar surface area (TPSA) is 0 Å². The van der Waals surface area contributed by atoms with Gasteiger partial charge in [0.05, 0.1) is 0 Å². The summed E-state index contributed by atoms with van der Waals surface area (Å²) in [5, 5.41) is 0.378. The Labute approximate surface area is 92.3 Å². The van der Waals surface area contributed by atoms with Crippen LogP contribution in [0.25, 0.3) is 0 Å². The van der Waals surface area contributed by atoms with Gasteiger partial charge in [-0.3, -0.25) is 0 Å². The molecule has 0 bridgehead atoms. The Bertz CT molecular complexity index is 230. The van der Waals surface area contributed by atoms with E-state index in [9.17, 15) is 0 Å². The fraction of sp³-hybridized carbons (Fsp3) is 0.538. The van der Waals surface area contributed by atoms with Crippen LogP contribution in [0.3, 0.4) is 0 Å². The molecule has 78 valence electrons. The molecule has 0 aliphatic heterocycles. The first kappa shape index (κ1) is 11.6. The first-order valence-electron chi connectivity index (χ1n) is 5.51. The Kier molecular flexibility index (Phi) is 5.70. The van der Waals surface area contributed by atoms with Crippen molar-refractivity contribution >= 4 is 11.6 Å². The summed E-state index contributed by atoms with van der Waals surface area (Å²) in [5.41, 5.74) is 1.42. The van der Waals surface area contributed by atoms with Crippen LogP contribution >= 0.6 is 11.6 Å². The van der Waals surface area contributed by atoms with Crippen molar-refractivity contribution in [1.82, 2.24) is 0 Å². The summed E-state index contributed by atoms with van der Waals surface area (Å²) in [7, 11) is 0. The van der Waals surface area contributed by atoms with Crippen molar-refractivity contribution in [3.8, 4) is 0 Å².